The summed E-state index contributed by atoms with van der Waals surface area (Å²) in [5, 5.41) is 18.5. The van der Waals surface area contributed by atoms with Gasteiger partial charge < -0.3 is 25.7 Å². The number of carbonyl (C=O) groups is 2. The molecular formula is C37H34Cl2FHgI3N4O6. The number of H-pyrrole nitrogens is 1. The van der Waals surface area contributed by atoms with Crippen LogP contribution >= 0.6 is 84.3 Å². The summed E-state index contributed by atoms with van der Waals surface area (Å²) in [6, 6.07) is 21.2. The molecule has 0 aliphatic carbocycles. The Morgan fingerprint density at radius 2 is 1.67 bits per heavy atom. The van der Waals surface area contributed by atoms with Crippen LogP contribution in [0.15, 0.2) is 89.7 Å². The van der Waals surface area contributed by atoms with Gasteiger partial charge in [0.2, 0.25) is 0 Å². The molecule has 0 spiro atoms. The predicted octanol–water partition coefficient (Wildman–Crippen LogP) is 9.01. The minimum absolute atomic E-state index is 0.0404. The molecule has 0 unspecified atom stereocenters. The van der Waals surface area contributed by atoms with Gasteiger partial charge in [-0.05, 0) is 159 Å². The first-order chi connectivity index (χ1) is 25.8. The van der Waals surface area contributed by atoms with Gasteiger partial charge in [-0.2, -0.15) is 0 Å². The summed E-state index contributed by atoms with van der Waals surface area (Å²) in [4.78, 5) is 40.5. The molecule has 282 valence electrons. The van der Waals surface area contributed by atoms with Gasteiger partial charge in [-0.3, -0.25) is 19.1 Å². The number of aromatic hydroxyl groups is 1. The van der Waals surface area contributed by atoms with Crippen molar-refractivity contribution in [3.05, 3.63) is 123 Å². The molecule has 0 radical (unpaired) electrons. The Morgan fingerprint density at radius 3 is 2.28 bits per heavy atom. The number of nitrogens with zero attached hydrogens (tertiary/aromatic N) is 2. The van der Waals surface area contributed by atoms with Crippen LogP contribution < -0.4 is 16.2 Å². The van der Waals surface area contributed by atoms with Crippen LogP contribution in [0.1, 0.15) is 35.2 Å². The fourth-order valence-corrected chi connectivity index (χ4v) is 8.13. The number of imidazole rings is 1. The van der Waals surface area contributed by atoms with E-state index in [1.807, 2.05) is 59.0 Å². The third-order valence-corrected chi connectivity index (χ3v) is 10.6. The summed E-state index contributed by atoms with van der Waals surface area (Å²) in [7, 11) is 9.97. The van der Waals surface area contributed by atoms with E-state index in [4.69, 9.17) is 32.1 Å². The van der Waals surface area contributed by atoms with Gasteiger partial charge in [0.05, 0.1) is 21.7 Å². The number of phenolic OH excluding ortho intramolecular Hbond substituents is 1. The number of fused-ring (bicyclic) bond motifs is 1. The second-order valence-electron chi connectivity index (χ2n) is 11.9. The van der Waals surface area contributed by atoms with Crippen molar-refractivity contribution in [3.8, 4) is 17.2 Å². The SMILES string of the molecule is N[C@@H](Cc1cc(I)c(Oc2ccc(O)c(I)c2)c(I)c1)C(=O)O.O=C(CCCN1CC=C(n2c(=O)[nH]c3ccccc32)CC1)c1ccc(F)cc1.[Cl][Hg][Cl]. The summed E-state index contributed by atoms with van der Waals surface area (Å²) in [5.41, 5.74) is 9.64. The Morgan fingerprint density at radius 1 is 1.00 bits per heavy atom. The van der Waals surface area contributed by atoms with Gasteiger partial charge in [-0.15, -0.1) is 0 Å². The number of benzene rings is 4. The minimum atomic E-state index is -1.14. The van der Waals surface area contributed by atoms with E-state index in [0.29, 0.717) is 27.1 Å². The molecule has 0 fully saturated rings. The van der Waals surface area contributed by atoms with Crippen LogP contribution in [0.2, 0.25) is 0 Å². The Balaban J connectivity index is 0.000000229. The molecule has 10 nitrogen and oxygen atoms in total. The van der Waals surface area contributed by atoms with E-state index in [2.05, 4.69) is 61.1 Å². The summed E-state index contributed by atoms with van der Waals surface area (Å²) < 4.78 is 23.0. The number of ether oxygens (including phenoxy) is 1. The first kappa shape index (κ1) is 44.9. The Hall–Kier alpha value is -1.81. The van der Waals surface area contributed by atoms with Crippen molar-refractivity contribution in [2.24, 2.45) is 5.73 Å². The molecule has 54 heavy (non-hydrogen) atoms. The van der Waals surface area contributed by atoms with Crippen LogP contribution in [-0.4, -0.2) is 62.1 Å². The van der Waals surface area contributed by atoms with Gasteiger partial charge in [0, 0.05) is 37.2 Å². The zero-order valence-electron chi connectivity index (χ0n) is 28.6. The van der Waals surface area contributed by atoms with Gasteiger partial charge in [-0.25, -0.2) is 9.18 Å². The Bertz CT molecular complexity index is 2150. The van der Waals surface area contributed by atoms with Crippen LogP contribution in [0.4, 0.5) is 4.39 Å². The molecule has 0 saturated heterocycles. The molecular weight excluding hydrogens is 1270 g/mol. The Labute approximate surface area is 371 Å². The average Bonchev–Trinajstić information content (AvgIpc) is 3.48. The molecule has 0 amide bonds. The van der Waals surface area contributed by atoms with Crippen LogP contribution in [0.25, 0.3) is 16.7 Å². The van der Waals surface area contributed by atoms with Crippen LogP contribution in [0.5, 0.6) is 17.2 Å². The number of rotatable bonds is 11. The normalized spacial score (nSPS) is 13.1. The topological polar surface area (TPSA) is 151 Å². The molecule has 1 atom stereocenters. The number of aromatic amines is 1. The van der Waals surface area contributed by atoms with E-state index in [0.717, 1.165) is 61.9 Å². The molecule has 5 aromatic rings. The number of nitrogens with two attached hydrogens (primary N) is 1. The molecule has 0 saturated carbocycles. The second kappa shape index (κ2) is 22.2. The number of halogens is 6. The fourth-order valence-electron chi connectivity index (χ4n) is 5.53. The number of aromatic nitrogens is 2. The van der Waals surface area contributed by atoms with Crippen molar-refractivity contribution in [1.29, 1.82) is 0 Å². The van der Waals surface area contributed by atoms with Gasteiger partial charge in [0.15, 0.2) is 11.5 Å². The third kappa shape index (κ3) is 13.1. The first-order valence-electron chi connectivity index (χ1n) is 16.5. The van der Waals surface area contributed by atoms with Gasteiger partial charge in [0.1, 0.15) is 23.4 Å². The molecule has 1 aliphatic heterocycles. The van der Waals surface area contributed by atoms with E-state index >= 15 is 0 Å². The van der Waals surface area contributed by atoms with Crippen LogP contribution in [-0.2, 0) is 33.3 Å². The monoisotopic (exact) mass is 1300 g/mol. The van der Waals surface area contributed by atoms with E-state index in [1.54, 1.807) is 22.8 Å². The molecule has 1 aliphatic rings. The number of phenols is 1. The number of ketones is 1. The number of para-hydroxylation sites is 2. The third-order valence-electron chi connectivity index (χ3n) is 8.16. The van der Waals surface area contributed by atoms with Crippen molar-refractivity contribution in [2.75, 3.05) is 19.6 Å². The van der Waals surface area contributed by atoms with Crippen molar-refractivity contribution >= 4 is 113 Å². The standard InChI is InChI=1S/C22H22FN3O2.C15H12I3NO4.2ClH.Hg/c23-17-9-7-16(8-10-17)21(27)6-3-13-25-14-11-18(12-15-25)26-20-5-2-1-4-19(20)24-22(26)28;16-9-6-8(1-2-13(9)20)23-14-10(17)3-7(4-11(14)18)5-12(19)15(21)22;;;/h1-2,4-5,7-11H,3,6,12-15H2,(H,24,28);1-4,6,12,20H,5,19H2,(H,21,22);2*1H;/q;;;;+2/p-2/t;12-;;;/m.0.../s1. The summed E-state index contributed by atoms with van der Waals surface area (Å²) >= 11 is 5.19. The molecule has 5 N–H and O–H groups in total. The van der Waals surface area contributed by atoms with Crippen molar-refractivity contribution in [1.82, 2.24) is 14.5 Å². The first-order valence-corrected chi connectivity index (χ1v) is 33.2. The predicted molar refractivity (Wildman–Crippen MR) is 232 cm³/mol. The van der Waals surface area contributed by atoms with E-state index < -0.39 is 34.1 Å². The Kier molecular flexibility index (Phi) is 18.5. The molecule has 0 bridgehead atoms. The van der Waals surface area contributed by atoms with Gasteiger partial charge in [0.25, 0.3) is 0 Å². The summed E-state index contributed by atoms with van der Waals surface area (Å²) in [6.45, 7) is 2.42. The number of carboxylic acids is 1. The van der Waals surface area contributed by atoms with Crippen molar-refractivity contribution in [3.63, 3.8) is 0 Å². The van der Waals surface area contributed by atoms with Gasteiger partial charge >= 0.3 is 50.3 Å². The summed E-state index contributed by atoms with van der Waals surface area (Å²) in [5.74, 6) is 0.216. The number of aliphatic carboxylic acids is 1. The number of hydrogen-bond donors (Lipinski definition) is 4. The number of nitrogens with one attached hydrogen (secondary N) is 1. The second-order valence-corrected chi connectivity index (χ2v) is 23.3. The van der Waals surface area contributed by atoms with E-state index in [1.165, 1.54) is 24.3 Å². The number of hydrogen-bond acceptors (Lipinski definition) is 7. The van der Waals surface area contributed by atoms with Crippen LogP contribution in [0, 0.1) is 16.5 Å². The molecule has 2 heterocycles. The fraction of sp³-hybridized carbons (Fsp3) is 0.216. The zero-order chi connectivity index (χ0) is 39.4. The summed E-state index contributed by atoms with van der Waals surface area (Å²) in [6.07, 6.45) is 4.34. The van der Waals surface area contributed by atoms with Crippen LogP contribution in [0.3, 0.4) is 0 Å². The maximum absolute atomic E-state index is 12.9. The van der Waals surface area contributed by atoms with Crippen molar-refractivity contribution < 1.29 is 51.0 Å². The number of carboxylic acid groups (broad SMARTS) is 1. The molecule has 1 aromatic heterocycles. The van der Waals surface area contributed by atoms with Gasteiger partial charge in [-0.1, -0.05) is 18.2 Å². The van der Waals surface area contributed by atoms with E-state index in [9.17, 15) is 23.9 Å². The average molecular weight is 1300 g/mol. The number of Topliss-reactive ketones (excluding diaryl/α,β-unsaturated/α-hetero) is 1. The maximum atomic E-state index is 12.9. The quantitative estimate of drug-likeness (QED) is 0.0582. The number of carbonyl (C=O) groups excluding carboxylic acids is 1. The molecule has 4 aromatic carbocycles. The van der Waals surface area contributed by atoms with E-state index in [-0.39, 0.29) is 29.5 Å². The zero-order valence-corrected chi connectivity index (χ0v) is 42.1. The molecule has 17 heteroatoms. The van der Waals surface area contributed by atoms with Crippen molar-refractivity contribution in [2.45, 2.75) is 31.7 Å². The molecule has 6 rings (SSSR count).